The highest BCUT2D eigenvalue weighted by Crippen LogP contribution is 2.04. The van der Waals surface area contributed by atoms with Gasteiger partial charge < -0.3 is 20.5 Å². The SMILES string of the molecule is CC(C)CCNC(=O)N[C@@H](CC(C)C)C(=O)[O-]. The lowest BCUT2D eigenvalue weighted by Gasteiger charge is -2.21. The molecule has 0 saturated carbocycles. The van der Waals surface area contributed by atoms with Gasteiger partial charge in [0.05, 0.1) is 12.0 Å². The van der Waals surface area contributed by atoms with Gasteiger partial charge in [-0.3, -0.25) is 0 Å². The molecule has 5 heteroatoms. The van der Waals surface area contributed by atoms with Gasteiger partial charge in [0.15, 0.2) is 0 Å². The van der Waals surface area contributed by atoms with Crippen molar-refractivity contribution >= 4 is 12.0 Å². The van der Waals surface area contributed by atoms with E-state index in [0.29, 0.717) is 18.9 Å². The van der Waals surface area contributed by atoms with E-state index in [1.54, 1.807) is 0 Å². The molecule has 0 aromatic heterocycles. The van der Waals surface area contributed by atoms with Crippen LogP contribution < -0.4 is 15.7 Å². The topological polar surface area (TPSA) is 81.3 Å². The van der Waals surface area contributed by atoms with Gasteiger partial charge in [-0.05, 0) is 24.7 Å². The first kappa shape index (κ1) is 15.7. The minimum atomic E-state index is -1.24. The molecular weight excluding hydrogens is 220 g/mol. The molecular formula is C12H23N2O3-. The van der Waals surface area contributed by atoms with Gasteiger partial charge in [0, 0.05) is 6.54 Å². The van der Waals surface area contributed by atoms with Gasteiger partial charge in [-0.1, -0.05) is 27.7 Å². The third kappa shape index (κ3) is 8.54. The number of nitrogens with one attached hydrogen (secondary N) is 2. The summed E-state index contributed by atoms with van der Waals surface area (Å²) in [4.78, 5) is 22.2. The number of hydrogen-bond donors (Lipinski definition) is 2. The average molecular weight is 243 g/mol. The molecule has 1 atom stereocenters. The molecule has 0 aromatic carbocycles. The van der Waals surface area contributed by atoms with Crippen LogP contribution in [-0.4, -0.2) is 24.6 Å². The number of urea groups is 1. The predicted molar refractivity (Wildman–Crippen MR) is 64.2 cm³/mol. The van der Waals surface area contributed by atoms with E-state index in [1.807, 2.05) is 13.8 Å². The van der Waals surface area contributed by atoms with Crippen molar-refractivity contribution < 1.29 is 14.7 Å². The number of rotatable bonds is 7. The molecule has 17 heavy (non-hydrogen) atoms. The van der Waals surface area contributed by atoms with Crippen LogP contribution >= 0.6 is 0 Å². The van der Waals surface area contributed by atoms with Gasteiger partial charge in [-0.25, -0.2) is 4.79 Å². The predicted octanol–water partition coefficient (Wildman–Crippen LogP) is 0.496. The van der Waals surface area contributed by atoms with Gasteiger partial charge in [-0.15, -0.1) is 0 Å². The number of carboxylic acid groups (broad SMARTS) is 1. The zero-order chi connectivity index (χ0) is 13.4. The highest BCUT2D eigenvalue weighted by Gasteiger charge is 2.14. The molecule has 0 aliphatic rings. The number of aliphatic carboxylic acids is 1. The third-order valence-electron chi connectivity index (χ3n) is 2.30. The van der Waals surface area contributed by atoms with Crippen LogP contribution in [0.3, 0.4) is 0 Å². The molecule has 0 rings (SSSR count). The molecule has 0 fully saturated rings. The van der Waals surface area contributed by atoms with Crippen molar-refractivity contribution in [1.82, 2.24) is 10.6 Å². The van der Waals surface area contributed by atoms with Gasteiger partial charge >= 0.3 is 6.03 Å². The fourth-order valence-electron chi connectivity index (χ4n) is 1.37. The van der Waals surface area contributed by atoms with Crippen LogP contribution in [0.4, 0.5) is 4.79 Å². The molecule has 0 bridgehead atoms. The summed E-state index contributed by atoms with van der Waals surface area (Å²) in [5, 5.41) is 15.8. The molecule has 0 aliphatic carbocycles. The Balaban J connectivity index is 4.00. The first-order chi connectivity index (χ1) is 7.82. The minimum Gasteiger partial charge on any atom is -0.548 e. The van der Waals surface area contributed by atoms with Gasteiger partial charge in [-0.2, -0.15) is 0 Å². The van der Waals surface area contributed by atoms with Crippen LogP contribution in [-0.2, 0) is 4.79 Å². The molecule has 0 aromatic rings. The summed E-state index contributed by atoms with van der Waals surface area (Å²) in [6.45, 7) is 8.46. The van der Waals surface area contributed by atoms with Crippen LogP contribution in [0, 0.1) is 11.8 Å². The number of carboxylic acids is 1. The van der Waals surface area contributed by atoms with Crippen molar-refractivity contribution in [3.63, 3.8) is 0 Å². The molecule has 0 unspecified atom stereocenters. The Labute approximate surface area is 103 Å². The van der Waals surface area contributed by atoms with E-state index in [1.165, 1.54) is 0 Å². The Hall–Kier alpha value is -1.26. The number of amides is 2. The first-order valence-corrected chi connectivity index (χ1v) is 6.08. The Morgan fingerprint density at radius 3 is 2.12 bits per heavy atom. The zero-order valence-electron chi connectivity index (χ0n) is 11.1. The molecule has 100 valence electrons. The van der Waals surface area contributed by atoms with Gasteiger partial charge in [0.25, 0.3) is 0 Å². The van der Waals surface area contributed by atoms with E-state index >= 15 is 0 Å². The summed E-state index contributed by atoms with van der Waals surface area (Å²) in [6, 6.07) is -1.37. The van der Waals surface area contributed by atoms with E-state index in [4.69, 9.17) is 0 Å². The smallest absolute Gasteiger partial charge is 0.315 e. The maximum Gasteiger partial charge on any atom is 0.315 e. The van der Waals surface area contributed by atoms with Crippen LogP contribution in [0.5, 0.6) is 0 Å². The lowest BCUT2D eigenvalue weighted by Crippen LogP contribution is -2.51. The van der Waals surface area contributed by atoms with Crippen molar-refractivity contribution in [2.45, 2.75) is 46.6 Å². The molecule has 0 radical (unpaired) electrons. The molecule has 2 amide bonds. The van der Waals surface area contributed by atoms with Crippen molar-refractivity contribution in [2.75, 3.05) is 6.54 Å². The van der Waals surface area contributed by atoms with Crippen molar-refractivity contribution in [2.24, 2.45) is 11.8 Å². The molecule has 0 heterocycles. The first-order valence-electron chi connectivity index (χ1n) is 6.08. The average Bonchev–Trinajstić information content (AvgIpc) is 2.15. The van der Waals surface area contributed by atoms with Crippen LogP contribution in [0.25, 0.3) is 0 Å². The lowest BCUT2D eigenvalue weighted by atomic mass is 10.0. The fraction of sp³-hybridized carbons (Fsp3) is 0.833. The van der Waals surface area contributed by atoms with Crippen molar-refractivity contribution in [3.05, 3.63) is 0 Å². The Morgan fingerprint density at radius 1 is 1.12 bits per heavy atom. The highest BCUT2D eigenvalue weighted by molar-refractivity contribution is 5.81. The van der Waals surface area contributed by atoms with Gasteiger partial charge in [0.1, 0.15) is 0 Å². The Morgan fingerprint density at radius 2 is 1.71 bits per heavy atom. The van der Waals surface area contributed by atoms with Crippen molar-refractivity contribution in [3.8, 4) is 0 Å². The number of carbonyl (C=O) groups excluding carboxylic acids is 2. The van der Waals surface area contributed by atoms with Crippen LogP contribution in [0.2, 0.25) is 0 Å². The molecule has 0 aliphatic heterocycles. The summed E-state index contributed by atoms with van der Waals surface area (Å²) in [6.07, 6.45) is 1.24. The summed E-state index contributed by atoms with van der Waals surface area (Å²) in [5.41, 5.74) is 0. The maximum absolute atomic E-state index is 11.4. The second-order valence-electron chi connectivity index (χ2n) is 5.08. The Kier molecular flexibility index (Phi) is 7.34. The maximum atomic E-state index is 11.4. The van der Waals surface area contributed by atoms with E-state index in [2.05, 4.69) is 24.5 Å². The molecule has 0 saturated heterocycles. The zero-order valence-corrected chi connectivity index (χ0v) is 11.1. The summed E-state index contributed by atoms with van der Waals surface area (Å²) in [5.74, 6) is -0.547. The van der Waals surface area contributed by atoms with Gasteiger partial charge in [0.2, 0.25) is 0 Å². The third-order valence-corrected chi connectivity index (χ3v) is 2.30. The monoisotopic (exact) mass is 243 g/mol. The van der Waals surface area contributed by atoms with Crippen LogP contribution in [0.15, 0.2) is 0 Å². The second-order valence-corrected chi connectivity index (χ2v) is 5.08. The molecule has 5 nitrogen and oxygen atoms in total. The van der Waals surface area contributed by atoms with Crippen LogP contribution in [0.1, 0.15) is 40.5 Å². The van der Waals surface area contributed by atoms with E-state index in [-0.39, 0.29) is 5.92 Å². The standard InChI is InChI=1S/C12H24N2O3/c1-8(2)5-6-13-12(17)14-10(11(15)16)7-9(3)4/h8-10H,5-7H2,1-4H3,(H,15,16)(H2,13,14,17)/p-1/t10-/m0/s1. The van der Waals surface area contributed by atoms with E-state index < -0.39 is 18.0 Å². The Bertz CT molecular complexity index is 252. The number of hydrogen-bond acceptors (Lipinski definition) is 3. The highest BCUT2D eigenvalue weighted by atomic mass is 16.4. The second kappa shape index (κ2) is 7.92. The fourth-order valence-corrected chi connectivity index (χ4v) is 1.37. The largest absolute Gasteiger partial charge is 0.548 e. The quantitative estimate of drug-likeness (QED) is 0.683. The molecule has 0 spiro atoms. The summed E-state index contributed by atoms with van der Waals surface area (Å²) in [7, 11) is 0. The van der Waals surface area contributed by atoms with E-state index in [0.717, 1.165) is 6.42 Å². The van der Waals surface area contributed by atoms with Crippen molar-refractivity contribution in [1.29, 1.82) is 0 Å². The minimum absolute atomic E-state index is 0.189. The number of carbonyl (C=O) groups is 2. The van der Waals surface area contributed by atoms with E-state index in [9.17, 15) is 14.7 Å². The lowest BCUT2D eigenvalue weighted by molar-refractivity contribution is -0.308. The molecule has 2 N–H and O–H groups in total. The summed E-state index contributed by atoms with van der Waals surface area (Å²) >= 11 is 0. The summed E-state index contributed by atoms with van der Waals surface area (Å²) < 4.78 is 0. The normalized spacial score (nSPS) is 12.6.